The van der Waals surface area contributed by atoms with E-state index < -0.39 is 21.9 Å². The molecule has 1 fully saturated rings. The molecule has 0 aromatic heterocycles. The molecule has 0 aliphatic carbocycles. The van der Waals surface area contributed by atoms with Gasteiger partial charge in [-0.3, -0.25) is 4.79 Å². The van der Waals surface area contributed by atoms with E-state index in [1.807, 2.05) is 12.1 Å². The molecule has 5 nitrogen and oxygen atoms in total. The quantitative estimate of drug-likeness (QED) is 0.715. The van der Waals surface area contributed by atoms with Crippen molar-refractivity contribution in [2.24, 2.45) is 0 Å². The highest BCUT2D eigenvalue weighted by Crippen LogP contribution is 2.27. The molecule has 2 aromatic carbocycles. The maximum atomic E-state index is 13.2. The Labute approximate surface area is 175 Å². The third-order valence-electron chi connectivity index (χ3n) is 5.06. The molecule has 1 aliphatic heterocycles. The van der Waals surface area contributed by atoms with Crippen molar-refractivity contribution in [2.45, 2.75) is 43.0 Å². The molecule has 1 amide bonds. The van der Waals surface area contributed by atoms with Gasteiger partial charge >= 0.3 is 0 Å². The molecule has 3 rings (SSSR count). The van der Waals surface area contributed by atoms with E-state index in [-0.39, 0.29) is 17.2 Å². The van der Waals surface area contributed by atoms with Crippen LogP contribution in [0.4, 0.5) is 4.39 Å². The fourth-order valence-corrected chi connectivity index (χ4v) is 5.34. The van der Waals surface area contributed by atoms with E-state index in [9.17, 15) is 17.6 Å². The first-order chi connectivity index (χ1) is 13.9. The fourth-order valence-electron chi connectivity index (χ4n) is 3.52. The number of sulfonamides is 1. The summed E-state index contributed by atoms with van der Waals surface area (Å²) in [6.45, 7) is 0.834. The summed E-state index contributed by atoms with van der Waals surface area (Å²) >= 11 is 5.86. The maximum Gasteiger partial charge on any atom is 0.243 e. The van der Waals surface area contributed by atoms with Gasteiger partial charge in [0.25, 0.3) is 0 Å². The van der Waals surface area contributed by atoms with Crippen molar-refractivity contribution < 1.29 is 17.6 Å². The zero-order valence-electron chi connectivity index (χ0n) is 16.0. The molecule has 2 aromatic rings. The highest BCUT2D eigenvalue weighted by Gasteiger charge is 2.34. The lowest BCUT2D eigenvalue weighted by atomic mass is 10.0. The van der Waals surface area contributed by atoms with Gasteiger partial charge in [-0.15, -0.1) is 0 Å². The van der Waals surface area contributed by atoms with Crippen LogP contribution in [0.3, 0.4) is 0 Å². The summed E-state index contributed by atoms with van der Waals surface area (Å²) in [5, 5.41) is 3.53. The minimum Gasteiger partial charge on any atom is -0.356 e. The van der Waals surface area contributed by atoms with Gasteiger partial charge in [0.05, 0.1) is 4.90 Å². The molecule has 156 valence electrons. The average Bonchev–Trinajstić information content (AvgIpc) is 2.70. The summed E-state index contributed by atoms with van der Waals surface area (Å²) in [4.78, 5) is 12.5. The van der Waals surface area contributed by atoms with Gasteiger partial charge in [0.2, 0.25) is 15.9 Å². The lowest BCUT2D eigenvalue weighted by Gasteiger charge is -2.34. The molecule has 1 saturated heterocycles. The predicted octanol–water partition coefficient (Wildman–Crippen LogP) is 3.77. The zero-order valence-corrected chi connectivity index (χ0v) is 17.6. The standard InChI is InChI=1S/C21H24ClFN2O3S/c22-17-6-4-16(5-7-17)12-13-24-21(26)15-19-3-1-2-14-25(19)29(27,28)20-10-8-18(23)9-11-20/h4-11,19H,1-3,12-15H2,(H,24,26)/t19-/m0/s1. The Morgan fingerprint density at radius 2 is 1.79 bits per heavy atom. The average molecular weight is 439 g/mol. The predicted molar refractivity (Wildman–Crippen MR) is 111 cm³/mol. The van der Waals surface area contributed by atoms with Crippen LogP contribution in [0.1, 0.15) is 31.2 Å². The fraction of sp³-hybridized carbons (Fsp3) is 0.381. The van der Waals surface area contributed by atoms with Crippen molar-refractivity contribution >= 4 is 27.5 Å². The first kappa shape index (κ1) is 21.7. The number of rotatable bonds is 7. The number of hydrogen-bond donors (Lipinski definition) is 1. The lowest BCUT2D eigenvalue weighted by Crippen LogP contribution is -2.46. The van der Waals surface area contributed by atoms with Crippen LogP contribution in [-0.2, 0) is 21.2 Å². The molecule has 1 N–H and O–H groups in total. The Hall–Kier alpha value is -1.96. The molecule has 0 bridgehead atoms. The number of halogens is 2. The Morgan fingerprint density at radius 1 is 1.10 bits per heavy atom. The van der Waals surface area contributed by atoms with Gasteiger partial charge in [0.15, 0.2) is 0 Å². The smallest absolute Gasteiger partial charge is 0.243 e. The Kier molecular flexibility index (Phi) is 7.27. The van der Waals surface area contributed by atoms with Crippen molar-refractivity contribution in [1.29, 1.82) is 0 Å². The number of carbonyl (C=O) groups is 1. The second kappa shape index (κ2) is 9.69. The summed E-state index contributed by atoms with van der Waals surface area (Å²) in [6, 6.07) is 11.8. The van der Waals surface area contributed by atoms with Crippen LogP contribution in [0.2, 0.25) is 5.02 Å². The Bertz CT molecular complexity index is 933. The SMILES string of the molecule is O=C(C[C@@H]1CCCCN1S(=O)(=O)c1ccc(F)cc1)NCCc1ccc(Cl)cc1. The molecule has 1 heterocycles. The topological polar surface area (TPSA) is 66.5 Å². The number of nitrogens with zero attached hydrogens (tertiary/aromatic N) is 1. The number of benzene rings is 2. The maximum absolute atomic E-state index is 13.2. The second-order valence-corrected chi connectivity index (χ2v) is 9.48. The second-order valence-electron chi connectivity index (χ2n) is 7.15. The molecule has 1 atom stereocenters. The molecular weight excluding hydrogens is 415 g/mol. The first-order valence-corrected chi connectivity index (χ1v) is 11.5. The van der Waals surface area contributed by atoms with E-state index >= 15 is 0 Å². The summed E-state index contributed by atoms with van der Waals surface area (Å²) < 4.78 is 40.5. The van der Waals surface area contributed by atoms with Gasteiger partial charge < -0.3 is 5.32 Å². The van der Waals surface area contributed by atoms with Crippen molar-refractivity contribution in [3.8, 4) is 0 Å². The molecule has 1 aliphatic rings. The van der Waals surface area contributed by atoms with E-state index in [2.05, 4.69) is 5.32 Å². The van der Waals surface area contributed by atoms with E-state index in [1.54, 1.807) is 12.1 Å². The van der Waals surface area contributed by atoms with Crippen LogP contribution >= 0.6 is 11.6 Å². The Balaban J connectivity index is 1.59. The van der Waals surface area contributed by atoms with Crippen LogP contribution in [0.15, 0.2) is 53.4 Å². The molecule has 8 heteroatoms. The number of amides is 1. The van der Waals surface area contributed by atoms with Gasteiger partial charge in [-0.1, -0.05) is 30.2 Å². The highest BCUT2D eigenvalue weighted by atomic mass is 35.5. The van der Waals surface area contributed by atoms with Crippen molar-refractivity contribution in [1.82, 2.24) is 9.62 Å². The first-order valence-electron chi connectivity index (χ1n) is 9.65. The van der Waals surface area contributed by atoms with Crippen molar-refractivity contribution in [2.75, 3.05) is 13.1 Å². The normalized spacial score (nSPS) is 17.8. The van der Waals surface area contributed by atoms with E-state index in [0.29, 0.717) is 31.0 Å². The van der Waals surface area contributed by atoms with Gasteiger partial charge in [0.1, 0.15) is 5.82 Å². The van der Waals surface area contributed by atoms with E-state index in [1.165, 1.54) is 16.4 Å². The number of nitrogens with one attached hydrogen (secondary N) is 1. The van der Waals surface area contributed by atoms with E-state index in [4.69, 9.17) is 11.6 Å². The van der Waals surface area contributed by atoms with Crippen molar-refractivity contribution in [3.05, 3.63) is 64.9 Å². The minimum absolute atomic E-state index is 0.0500. The summed E-state index contributed by atoms with van der Waals surface area (Å²) in [7, 11) is -3.77. The summed E-state index contributed by atoms with van der Waals surface area (Å²) in [6.07, 6.45) is 3.03. The largest absolute Gasteiger partial charge is 0.356 e. The Morgan fingerprint density at radius 3 is 2.48 bits per heavy atom. The van der Waals surface area contributed by atoms with Crippen LogP contribution in [0, 0.1) is 5.82 Å². The van der Waals surface area contributed by atoms with Gasteiger partial charge in [0, 0.05) is 30.6 Å². The van der Waals surface area contributed by atoms with Crippen molar-refractivity contribution in [3.63, 3.8) is 0 Å². The molecule has 0 radical (unpaired) electrons. The van der Waals surface area contributed by atoms with Gasteiger partial charge in [-0.05, 0) is 61.2 Å². The van der Waals surface area contributed by atoms with Crippen LogP contribution in [0.25, 0.3) is 0 Å². The third kappa shape index (κ3) is 5.78. The molecule has 0 saturated carbocycles. The molecular formula is C21H24ClFN2O3S. The van der Waals surface area contributed by atoms with E-state index in [0.717, 1.165) is 30.5 Å². The van der Waals surface area contributed by atoms with Crippen LogP contribution in [-0.4, -0.2) is 37.8 Å². The third-order valence-corrected chi connectivity index (χ3v) is 7.28. The number of carbonyl (C=O) groups excluding carboxylic acids is 1. The monoisotopic (exact) mass is 438 g/mol. The lowest BCUT2D eigenvalue weighted by molar-refractivity contribution is -0.122. The molecule has 29 heavy (non-hydrogen) atoms. The molecule has 0 unspecified atom stereocenters. The minimum atomic E-state index is -3.77. The van der Waals surface area contributed by atoms with Gasteiger partial charge in [-0.25, -0.2) is 12.8 Å². The van der Waals surface area contributed by atoms with Crippen LogP contribution < -0.4 is 5.32 Å². The summed E-state index contributed by atoms with van der Waals surface area (Å²) in [5.74, 6) is -0.663. The van der Waals surface area contributed by atoms with Gasteiger partial charge in [-0.2, -0.15) is 4.31 Å². The molecule has 0 spiro atoms. The number of hydrogen-bond acceptors (Lipinski definition) is 3. The number of piperidine rings is 1. The highest BCUT2D eigenvalue weighted by molar-refractivity contribution is 7.89. The van der Waals surface area contributed by atoms with Crippen LogP contribution in [0.5, 0.6) is 0 Å². The summed E-state index contributed by atoms with van der Waals surface area (Å²) in [5.41, 5.74) is 1.06. The zero-order chi connectivity index (χ0) is 20.9.